The van der Waals surface area contributed by atoms with Gasteiger partial charge in [-0.25, -0.2) is 16.8 Å². The predicted molar refractivity (Wildman–Crippen MR) is 56.0 cm³/mol. The lowest BCUT2D eigenvalue weighted by Gasteiger charge is -2.19. The van der Waals surface area contributed by atoms with Crippen LogP contribution in [0.4, 0.5) is 0 Å². The van der Waals surface area contributed by atoms with Gasteiger partial charge < -0.3 is 4.74 Å². The maximum atomic E-state index is 10.8. The molecule has 0 saturated heterocycles. The van der Waals surface area contributed by atoms with E-state index in [0.717, 1.165) is 12.5 Å². The van der Waals surface area contributed by atoms with E-state index in [4.69, 9.17) is 4.74 Å². The molecule has 0 spiro atoms. The lowest BCUT2D eigenvalue weighted by atomic mass is 10.6. The monoisotopic (exact) mass is 260 g/mol. The third kappa shape index (κ3) is 10.1. The first-order valence-electron chi connectivity index (χ1n) is 4.09. The van der Waals surface area contributed by atoms with Crippen LogP contribution in [-0.4, -0.2) is 41.8 Å². The van der Waals surface area contributed by atoms with E-state index in [1.54, 1.807) is 0 Å². The van der Waals surface area contributed by atoms with Crippen LogP contribution in [-0.2, 0) is 24.8 Å². The third-order valence-corrected chi connectivity index (χ3v) is 2.69. The second-order valence-electron chi connectivity index (χ2n) is 3.20. The highest BCUT2D eigenvalue weighted by molar-refractivity contribution is 7.89. The maximum Gasteiger partial charge on any atom is 0.210 e. The lowest BCUT2D eigenvalue weighted by molar-refractivity contribution is -0.00262. The van der Waals surface area contributed by atoms with Crippen LogP contribution in [0.5, 0.6) is 0 Å². The SMILES string of the molecule is CC(NS(C)(=O)=O)OC(C)NS(C)(=O)=O. The minimum atomic E-state index is -3.36. The zero-order valence-corrected chi connectivity index (χ0v) is 10.6. The minimum Gasteiger partial charge on any atom is -0.344 e. The molecule has 2 N–H and O–H groups in total. The molecule has 0 aliphatic heterocycles. The summed E-state index contributed by atoms with van der Waals surface area (Å²) in [5.74, 6) is 0. The Morgan fingerprint density at radius 3 is 1.33 bits per heavy atom. The van der Waals surface area contributed by atoms with Gasteiger partial charge in [-0.15, -0.1) is 0 Å². The summed E-state index contributed by atoms with van der Waals surface area (Å²) in [7, 11) is -6.73. The summed E-state index contributed by atoms with van der Waals surface area (Å²) in [5.41, 5.74) is 0. The topological polar surface area (TPSA) is 102 Å². The van der Waals surface area contributed by atoms with Crippen LogP contribution in [0.3, 0.4) is 0 Å². The van der Waals surface area contributed by atoms with Crippen LogP contribution in [0.2, 0.25) is 0 Å². The molecule has 0 aliphatic carbocycles. The molecule has 92 valence electrons. The van der Waals surface area contributed by atoms with E-state index in [-0.39, 0.29) is 0 Å². The predicted octanol–water partition coefficient (Wildman–Crippen LogP) is -1.21. The molecule has 2 unspecified atom stereocenters. The molecule has 0 aromatic rings. The van der Waals surface area contributed by atoms with Gasteiger partial charge in [0.15, 0.2) is 0 Å². The van der Waals surface area contributed by atoms with Crippen LogP contribution in [0.1, 0.15) is 13.8 Å². The van der Waals surface area contributed by atoms with Crippen molar-refractivity contribution in [2.75, 3.05) is 12.5 Å². The van der Waals surface area contributed by atoms with Crippen LogP contribution in [0.15, 0.2) is 0 Å². The van der Waals surface area contributed by atoms with Gasteiger partial charge in [-0.2, -0.15) is 9.44 Å². The zero-order valence-electron chi connectivity index (χ0n) is 9.01. The van der Waals surface area contributed by atoms with Gasteiger partial charge in [0.2, 0.25) is 20.0 Å². The van der Waals surface area contributed by atoms with E-state index in [2.05, 4.69) is 9.44 Å². The molecule has 7 nitrogen and oxygen atoms in total. The van der Waals surface area contributed by atoms with Gasteiger partial charge >= 0.3 is 0 Å². The highest BCUT2D eigenvalue weighted by Crippen LogP contribution is 1.95. The number of hydrogen-bond donors (Lipinski definition) is 2. The van der Waals surface area contributed by atoms with Crippen molar-refractivity contribution in [3.05, 3.63) is 0 Å². The van der Waals surface area contributed by atoms with Crippen molar-refractivity contribution in [3.63, 3.8) is 0 Å². The van der Waals surface area contributed by atoms with Crippen LogP contribution < -0.4 is 9.44 Å². The van der Waals surface area contributed by atoms with E-state index in [9.17, 15) is 16.8 Å². The van der Waals surface area contributed by atoms with Gasteiger partial charge in [-0.3, -0.25) is 0 Å². The molecular formula is C6H16N2O5S2. The van der Waals surface area contributed by atoms with Crippen LogP contribution in [0, 0.1) is 0 Å². The minimum absolute atomic E-state index is 0.802. The van der Waals surface area contributed by atoms with Crippen LogP contribution in [0.25, 0.3) is 0 Å². The second-order valence-corrected chi connectivity index (χ2v) is 6.76. The quantitative estimate of drug-likeness (QED) is 0.584. The average Bonchev–Trinajstić information content (AvgIpc) is 1.73. The smallest absolute Gasteiger partial charge is 0.210 e. The third-order valence-electron chi connectivity index (χ3n) is 1.17. The summed E-state index contributed by atoms with van der Waals surface area (Å²) in [5, 5.41) is 0. The summed E-state index contributed by atoms with van der Waals surface area (Å²) in [4.78, 5) is 0. The fourth-order valence-corrected chi connectivity index (χ4v) is 2.28. The van der Waals surface area contributed by atoms with Crippen LogP contribution >= 0.6 is 0 Å². The Labute approximate surface area is 90.3 Å². The van der Waals surface area contributed by atoms with E-state index in [0.29, 0.717) is 0 Å². The van der Waals surface area contributed by atoms with Crippen molar-refractivity contribution >= 4 is 20.0 Å². The Hall–Kier alpha value is -0.220. The first-order chi connectivity index (χ1) is 6.49. The molecule has 9 heteroatoms. The number of rotatable bonds is 6. The van der Waals surface area contributed by atoms with Crippen molar-refractivity contribution in [2.45, 2.75) is 26.3 Å². The van der Waals surface area contributed by atoms with Gasteiger partial charge in [0.25, 0.3) is 0 Å². The second kappa shape index (κ2) is 5.21. The average molecular weight is 260 g/mol. The highest BCUT2D eigenvalue weighted by Gasteiger charge is 2.14. The standard InChI is InChI=1S/C6H16N2O5S2/c1-5(7-14(3,9)10)13-6(2)8-15(4,11)12/h5-8H,1-4H3. The Morgan fingerprint density at radius 2 is 1.13 bits per heavy atom. The summed E-state index contributed by atoms with van der Waals surface area (Å²) >= 11 is 0. The molecule has 0 amide bonds. The first-order valence-corrected chi connectivity index (χ1v) is 7.88. The van der Waals surface area contributed by atoms with Gasteiger partial charge in [0.05, 0.1) is 12.5 Å². The Morgan fingerprint density at radius 1 is 0.867 bits per heavy atom. The molecule has 2 atom stereocenters. The molecule has 0 aliphatic rings. The molecule has 0 aromatic carbocycles. The largest absolute Gasteiger partial charge is 0.344 e. The first kappa shape index (κ1) is 14.8. The molecule has 0 aromatic heterocycles. The molecular weight excluding hydrogens is 244 g/mol. The summed E-state index contributed by atoms with van der Waals surface area (Å²) in [6, 6.07) is 0. The zero-order chi connectivity index (χ0) is 12.3. The Bertz CT molecular complexity index is 350. The Balaban J connectivity index is 4.14. The molecule has 0 heterocycles. The fraction of sp³-hybridized carbons (Fsp3) is 1.00. The summed E-state index contributed by atoms with van der Waals surface area (Å²) in [6.07, 6.45) is 0.372. The lowest BCUT2D eigenvalue weighted by Crippen LogP contribution is -2.41. The number of nitrogens with one attached hydrogen (secondary N) is 2. The number of ether oxygens (including phenoxy) is 1. The molecule has 15 heavy (non-hydrogen) atoms. The van der Waals surface area contributed by atoms with Crippen molar-refractivity contribution in [1.29, 1.82) is 0 Å². The van der Waals surface area contributed by atoms with Crippen molar-refractivity contribution in [1.82, 2.24) is 9.44 Å². The van der Waals surface area contributed by atoms with E-state index >= 15 is 0 Å². The summed E-state index contributed by atoms with van der Waals surface area (Å²) < 4.78 is 52.4. The van der Waals surface area contributed by atoms with Gasteiger partial charge in [0.1, 0.15) is 12.5 Å². The fourth-order valence-electron chi connectivity index (χ4n) is 0.965. The normalized spacial score (nSPS) is 17.3. The number of hydrogen-bond acceptors (Lipinski definition) is 5. The molecule has 0 bridgehead atoms. The van der Waals surface area contributed by atoms with E-state index in [1.807, 2.05) is 0 Å². The van der Waals surface area contributed by atoms with Gasteiger partial charge in [0, 0.05) is 0 Å². The summed E-state index contributed by atoms with van der Waals surface area (Å²) in [6.45, 7) is 2.92. The van der Waals surface area contributed by atoms with E-state index < -0.39 is 32.5 Å². The number of sulfonamides is 2. The molecule has 0 saturated carbocycles. The van der Waals surface area contributed by atoms with Gasteiger partial charge in [-0.05, 0) is 13.8 Å². The Kier molecular flexibility index (Phi) is 5.14. The molecule has 0 fully saturated rings. The molecule has 0 radical (unpaired) electrons. The maximum absolute atomic E-state index is 10.8. The van der Waals surface area contributed by atoms with Crippen molar-refractivity contribution < 1.29 is 21.6 Å². The van der Waals surface area contributed by atoms with E-state index in [1.165, 1.54) is 13.8 Å². The molecule has 0 rings (SSSR count). The highest BCUT2D eigenvalue weighted by atomic mass is 32.2. The van der Waals surface area contributed by atoms with Crippen molar-refractivity contribution in [3.8, 4) is 0 Å². The van der Waals surface area contributed by atoms with Gasteiger partial charge in [-0.1, -0.05) is 0 Å². The van der Waals surface area contributed by atoms with Crippen molar-refractivity contribution in [2.24, 2.45) is 0 Å².